The van der Waals surface area contributed by atoms with Gasteiger partial charge in [-0.05, 0) is 24.1 Å². The average Bonchev–Trinajstić information content (AvgIpc) is 3.09. The number of carbonyl (C=O) groups is 1. The normalized spacial score (nSPS) is 11.2. The van der Waals surface area contributed by atoms with Crippen LogP contribution in [0.4, 0.5) is 10.5 Å². The lowest BCUT2D eigenvalue weighted by atomic mass is 10.1. The number of carboxylic acid groups (broad SMARTS) is 1. The largest absolute Gasteiger partial charge is 0.465 e. The topological polar surface area (TPSA) is 134 Å². The molecule has 0 saturated carbocycles. The summed E-state index contributed by atoms with van der Waals surface area (Å²) in [7, 11) is 1.56. The van der Waals surface area contributed by atoms with Crippen molar-refractivity contribution in [3.8, 4) is 0 Å². The molecule has 13 heteroatoms. The van der Waals surface area contributed by atoms with Crippen LogP contribution in [0, 0.1) is 0 Å². The average molecular weight is 486 g/mol. The van der Waals surface area contributed by atoms with E-state index in [9.17, 15) is 19.5 Å². The standard InChI is InChI=1S/C18H17Cl2N5O5S/c1-8(2)10-6-14(22-24(3)16(10)26)31-15-11(19)4-9(5-12(15)20)25(18(28)29)7-13-21-17(27)30-23-13/h4-6,8H,7H2,1-3H3,(H,28,29)(H,21,23,27). The number of H-pyrrole nitrogens is 1. The molecular formula is C18H17Cl2N5O5S. The lowest BCUT2D eigenvalue weighted by molar-refractivity contribution is 0.201. The zero-order chi connectivity index (χ0) is 22.9. The van der Waals surface area contributed by atoms with Gasteiger partial charge in [-0.3, -0.25) is 19.2 Å². The highest BCUT2D eigenvalue weighted by Gasteiger charge is 2.21. The number of aromatic amines is 1. The maximum Gasteiger partial charge on any atom is 0.438 e. The number of aromatic nitrogens is 4. The second-order valence-corrected chi connectivity index (χ2v) is 8.62. The van der Waals surface area contributed by atoms with Crippen LogP contribution in [-0.4, -0.2) is 31.1 Å². The van der Waals surface area contributed by atoms with Crippen molar-refractivity contribution < 1.29 is 14.4 Å². The van der Waals surface area contributed by atoms with Gasteiger partial charge in [0.1, 0.15) is 5.03 Å². The molecule has 0 fully saturated rings. The van der Waals surface area contributed by atoms with Gasteiger partial charge in [0.25, 0.3) is 5.56 Å². The van der Waals surface area contributed by atoms with Gasteiger partial charge < -0.3 is 5.11 Å². The van der Waals surface area contributed by atoms with E-state index in [2.05, 4.69) is 19.8 Å². The number of hydrogen-bond donors (Lipinski definition) is 2. The highest BCUT2D eigenvalue weighted by Crippen LogP contribution is 2.41. The quantitative estimate of drug-likeness (QED) is 0.539. The van der Waals surface area contributed by atoms with E-state index in [0.717, 1.165) is 16.7 Å². The van der Waals surface area contributed by atoms with Crippen LogP contribution in [0.1, 0.15) is 31.2 Å². The molecule has 31 heavy (non-hydrogen) atoms. The molecule has 0 aliphatic rings. The zero-order valence-electron chi connectivity index (χ0n) is 16.5. The van der Waals surface area contributed by atoms with Crippen molar-refractivity contribution in [2.24, 2.45) is 7.05 Å². The Bertz CT molecular complexity index is 1230. The van der Waals surface area contributed by atoms with Crippen LogP contribution in [0.25, 0.3) is 0 Å². The maximum absolute atomic E-state index is 12.2. The molecular weight excluding hydrogens is 469 g/mol. The SMILES string of the molecule is CC(C)c1cc(Sc2c(Cl)cc(N(Cc3noc(=O)[nH]3)C(=O)O)cc2Cl)nn(C)c1=O. The van der Waals surface area contributed by atoms with Crippen molar-refractivity contribution in [2.75, 3.05) is 4.90 Å². The summed E-state index contributed by atoms with van der Waals surface area (Å²) in [5.41, 5.74) is 0.587. The minimum Gasteiger partial charge on any atom is -0.465 e. The third-order valence-electron chi connectivity index (χ3n) is 4.22. The number of hydrogen-bond acceptors (Lipinski definition) is 7. The van der Waals surface area contributed by atoms with Crippen molar-refractivity contribution in [3.63, 3.8) is 0 Å². The highest BCUT2D eigenvalue weighted by atomic mass is 35.5. The molecule has 0 unspecified atom stereocenters. The van der Waals surface area contributed by atoms with E-state index in [1.165, 1.54) is 16.8 Å². The Morgan fingerprint density at radius 1 is 1.29 bits per heavy atom. The van der Waals surface area contributed by atoms with E-state index in [1.807, 2.05) is 13.8 Å². The van der Waals surface area contributed by atoms with Crippen molar-refractivity contribution >= 4 is 46.7 Å². The predicted molar refractivity (Wildman–Crippen MR) is 115 cm³/mol. The van der Waals surface area contributed by atoms with Gasteiger partial charge in [-0.15, -0.1) is 0 Å². The monoisotopic (exact) mass is 485 g/mol. The number of nitrogens with zero attached hydrogens (tertiary/aromatic N) is 4. The fourth-order valence-electron chi connectivity index (χ4n) is 2.72. The second kappa shape index (κ2) is 9.16. The maximum atomic E-state index is 12.2. The molecule has 0 saturated heterocycles. The van der Waals surface area contributed by atoms with Crippen molar-refractivity contribution in [3.05, 3.63) is 60.5 Å². The van der Waals surface area contributed by atoms with Gasteiger partial charge in [-0.1, -0.05) is 54.0 Å². The van der Waals surface area contributed by atoms with E-state index < -0.39 is 11.8 Å². The summed E-state index contributed by atoms with van der Waals surface area (Å²) in [5, 5.41) is 18.1. The predicted octanol–water partition coefficient (Wildman–Crippen LogP) is 3.72. The van der Waals surface area contributed by atoms with Gasteiger partial charge in [0.2, 0.25) is 0 Å². The van der Waals surface area contributed by atoms with Crippen LogP contribution in [0.15, 0.2) is 42.2 Å². The lowest BCUT2D eigenvalue weighted by Gasteiger charge is -2.19. The minimum atomic E-state index is -1.31. The summed E-state index contributed by atoms with van der Waals surface area (Å²) < 4.78 is 5.64. The van der Waals surface area contributed by atoms with Gasteiger partial charge in [-0.25, -0.2) is 14.3 Å². The minimum absolute atomic E-state index is 0.00136. The summed E-state index contributed by atoms with van der Waals surface area (Å²) in [6.45, 7) is 3.53. The molecule has 10 nitrogen and oxygen atoms in total. The van der Waals surface area contributed by atoms with Crippen molar-refractivity contribution in [1.29, 1.82) is 0 Å². The van der Waals surface area contributed by atoms with Crippen LogP contribution >= 0.6 is 35.0 Å². The second-order valence-electron chi connectivity index (χ2n) is 6.77. The highest BCUT2D eigenvalue weighted by molar-refractivity contribution is 7.99. The van der Waals surface area contributed by atoms with Gasteiger partial charge in [0.15, 0.2) is 5.82 Å². The number of nitrogens with one attached hydrogen (secondary N) is 1. The Kier molecular flexibility index (Phi) is 6.77. The molecule has 0 spiro atoms. The smallest absolute Gasteiger partial charge is 0.438 e. The first-order valence-corrected chi connectivity index (χ1v) is 10.4. The molecule has 0 aliphatic heterocycles. The Morgan fingerprint density at radius 2 is 1.94 bits per heavy atom. The fourth-order valence-corrected chi connectivity index (χ4v) is 4.30. The molecule has 2 N–H and O–H groups in total. The van der Waals surface area contributed by atoms with E-state index in [-0.39, 0.29) is 39.6 Å². The van der Waals surface area contributed by atoms with Crippen LogP contribution in [0.2, 0.25) is 10.0 Å². The summed E-state index contributed by atoms with van der Waals surface area (Å²) in [4.78, 5) is 38.7. The van der Waals surface area contributed by atoms with Crippen LogP contribution in [0.5, 0.6) is 0 Å². The first kappa shape index (κ1) is 22.9. The molecule has 0 atom stereocenters. The Labute approximate surface area is 189 Å². The van der Waals surface area contributed by atoms with E-state index in [4.69, 9.17) is 23.2 Å². The number of halogens is 2. The number of benzene rings is 1. The van der Waals surface area contributed by atoms with Crippen molar-refractivity contribution in [1.82, 2.24) is 19.9 Å². The summed E-state index contributed by atoms with van der Waals surface area (Å²) >= 11 is 14.0. The summed E-state index contributed by atoms with van der Waals surface area (Å²) in [5.74, 6) is -0.774. The van der Waals surface area contributed by atoms with Crippen LogP contribution in [-0.2, 0) is 13.6 Å². The van der Waals surface area contributed by atoms with Crippen LogP contribution in [0.3, 0.4) is 0 Å². The summed E-state index contributed by atoms with van der Waals surface area (Å²) in [6.07, 6.45) is -1.31. The molecule has 0 radical (unpaired) electrons. The zero-order valence-corrected chi connectivity index (χ0v) is 18.9. The molecule has 3 aromatic rings. The Balaban J connectivity index is 1.95. The first-order valence-electron chi connectivity index (χ1n) is 8.87. The number of amides is 1. The Hall–Kier alpha value is -2.76. The van der Waals surface area contributed by atoms with E-state index >= 15 is 0 Å². The lowest BCUT2D eigenvalue weighted by Crippen LogP contribution is -2.29. The Morgan fingerprint density at radius 3 is 2.45 bits per heavy atom. The fraction of sp³-hybridized carbons (Fsp3) is 0.278. The van der Waals surface area contributed by atoms with E-state index in [1.54, 1.807) is 13.1 Å². The van der Waals surface area contributed by atoms with Gasteiger partial charge in [0.05, 0.1) is 27.2 Å². The molecule has 0 aliphatic carbocycles. The van der Waals surface area contributed by atoms with Crippen molar-refractivity contribution in [2.45, 2.75) is 36.2 Å². The molecule has 1 amide bonds. The van der Waals surface area contributed by atoms with Gasteiger partial charge in [-0.2, -0.15) is 5.10 Å². The number of aryl methyl sites for hydroxylation is 1. The molecule has 3 rings (SSSR count). The van der Waals surface area contributed by atoms with Crippen LogP contribution < -0.4 is 16.2 Å². The van der Waals surface area contributed by atoms with Gasteiger partial charge in [0, 0.05) is 12.6 Å². The third-order valence-corrected chi connectivity index (χ3v) is 6.09. The molecule has 1 aromatic carbocycles. The molecule has 0 bridgehead atoms. The third kappa shape index (κ3) is 5.12. The van der Waals surface area contributed by atoms with E-state index in [0.29, 0.717) is 15.5 Å². The summed E-state index contributed by atoms with van der Waals surface area (Å²) in [6, 6.07) is 4.53. The number of anilines is 1. The molecule has 2 heterocycles. The molecule has 2 aromatic heterocycles. The first-order chi connectivity index (χ1) is 14.6. The van der Waals surface area contributed by atoms with Gasteiger partial charge >= 0.3 is 11.8 Å². The number of rotatable bonds is 6. The molecule has 164 valence electrons.